The summed E-state index contributed by atoms with van der Waals surface area (Å²) >= 11 is 3.42. The van der Waals surface area contributed by atoms with Crippen LogP contribution in [0.3, 0.4) is 0 Å². The normalized spacial score (nSPS) is 10.3. The summed E-state index contributed by atoms with van der Waals surface area (Å²) in [6.45, 7) is 0. The quantitative estimate of drug-likeness (QED) is 0.885. The van der Waals surface area contributed by atoms with Crippen LogP contribution >= 0.6 is 15.9 Å². The molecule has 3 N–H and O–H groups in total. The zero-order valence-electron chi connectivity index (χ0n) is 11.1. The predicted octanol–water partition coefficient (Wildman–Crippen LogP) is 1.72. The number of H-pyrrole nitrogens is 1. The van der Waals surface area contributed by atoms with Gasteiger partial charge in [-0.25, -0.2) is 4.98 Å². The Labute approximate surface area is 124 Å². The van der Waals surface area contributed by atoms with E-state index in [1.54, 1.807) is 14.2 Å². The van der Waals surface area contributed by atoms with Crippen molar-refractivity contribution in [3.63, 3.8) is 0 Å². The fourth-order valence-electron chi connectivity index (χ4n) is 1.85. The van der Waals surface area contributed by atoms with Gasteiger partial charge in [-0.3, -0.25) is 9.78 Å². The van der Waals surface area contributed by atoms with E-state index >= 15 is 0 Å². The van der Waals surface area contributed by atoms with Crippen LogP contribution in [0.2, 0.25) is 0 Å². The van der Waals surface area contributed by atoms with Crippen LogP contribution in [0.15, 0.2) is 27.6 Å². The maximum absolute atomic E-state index is 11.8. The lowest BCUT2D eigenvalue weighted by Gasteiger charge is -2.11. The number of methoxy groups -OCH3 is 2. The van der Waals surface area contributed by atoms with Gasteiger partial charge in [0.2, 0.25) is 0 Å². The number of halogens is 1. The molecule has 1 aromatic heterocycles. The lowest BCUT2D eigenvalue weighted by atomic mass is 10.1. The molecule has 2 aromatic rings. The maximum atomic E-state index is 11.8. The number of hydrogen-bond acceptors (Lipinski definition) is 5. The Hall–Kier alpha value is -2.02. The van der Waals surface area contributed by atoms with Crippen molar-refractivity contribution in [2.75, 3.05) is 20.0 Å². The third kappa shape index (κ3) is 2.93. The standard InChI is InChI=1S/C13H14BrN3O3/c1-19-10-5-7(4-9(14)11(10)20-2)3-8-6-16-13(15)17-12(8)18/h4-6H,3H2,1-2H3,(H3,15,16,17,18). The van der Waals surface area contributed by atoms with E-state index in [0.29, 0.717) is 23.5 Å². The Morgan fingerprint density at radius 3 is 2.70 bits per heavy atom. The summed E-state index contributed by atoms with van der Waals surface area (Å²) < 4.78 is 11.3. The van der Waals surface area contributed by atoms with Crippen LogP contribution in [-0.4, -0.2) is 24.2 Å². The van der Waals surface area contributed by atoms with Crippen LogP contribution < -0.4 is 20.8 Å². The Bertz CT molecular complexity index is 685. The van der Waals surface area contributed by atoms with Crippen molar-refractivity contribution >= 4 is 21.9 Å². The predicted molar refractivity (Wildman–Crippen MR) is 79.3 cm³/mol. The molecule has 0 saturated heterocycles. The van der Waals surface area contributed by atoms with Crippen LogP contribution in [0.1, 0.15) is 11.1 Å². The number of nitrogen functional groups attached to an aromatic ring is 1. The molecule has 6 nitrogen and oxygen atoms in total. The van der Waals surface area contributed by atoms with E-state index in [0.717, 1.165) is 10.0 Å². The van der Waals surface area contributed by atoms with Gasteiger partial charge in [0.05, 0.1) is 18.7 Å². The van der Waals surface area contributed by atoms with Crippen molar-refractivity contribution in [2.45, 2.75) is 6.42 Å². The number of nitrogens with zero attached hydrogens (tertiary/aromatic N) is 1. The molecule has 0 aliphatic heterocycles. The van der Waals surface area contributed by atoms with Gasteiger partial charge in [0, 0.05) is 18.2 Å². The van der Waals surface area contributed by atoms with E-state index in [4.69, 9.17) is 15.2 Å². The van der Waals surface area contributed by atoms with Crippen molar-refractivity contribution in [1.82, 2.24) is 9.97 Å². The third-order valence-electron chi connectivity index (χ3n) is 2.78. The lowest BCUT2D eigenvalue weighted by Crippen LogP contribution is -2.16. The highest BCUT2D eigenvalue weighted by Crippen LogP contribution is 2.36. The minimum atomic E-state index is -0.247. The summed E-state index contributed by atoms with van der Waals surface area (Å²) in [5, 5.41) is 0. The number of ether oxygens (including phenoxy) is 2. The molecule has 0 aliphatic rings. The number of benzene rings is 1. The minimum absolute atomic E-state index is 0.104. The van der Waals surface area contributed by atoms with E-state index in [-0.39, 0.29) is 11.5 Å². The van der Waals surface area contributed by atoms with Gasteiger partial charge < -0.3 is 15.2 Å². The second-order valence-electron chi connectivity index (χ2n) is 4.11. The Kier molecular flexibility index (Phi) is 4.29. The molecule has 0 unspecified atom stereocenters. The van der Waals surface area contributed by atoms with Crippen molar-refractivity contribution < 1.29 is 9.47 Å². The highest BCUT2D eigenvalue weighted by Gasteiger charge is 2.12. The van der Waals surface area contributed by atoms with Crippen molar-refractivity contribution in [1.29, 1.82) is 0 Å². The molecule has 0 atom stereocenters. The Morgan fingerprint density at radius 1 is 1.35 bits per heavy atom. The average molecular weight is 340 g/mol. The summed E-state index contributed by atoms with van der Waals surface area (Å²) in [4.78, 5) is 18.1. The van der Waals surface area contributed by atoms with Gasteiger partial charge in [0.15, 0.2) is 17.4 Å². The van der Waals surface area contributed by atoms with E-state index in [1.807, 2.05) is 12.1 Å². The molecular formula is C13H14BrN3O3. The van der Waals surface area contributed by atoms with Gasteiger partial charge in [-0.2, -0.15) is 0 Å². The molecule has 0 radical (unpaired) electrons. The van der Waals surface area contributed by atoms with Crippen LogP contribution in [0.5, 0.6) is 11.5 Å². The zero-order valence-corrected chi connectivity index (χ0v) is 12.7. The van der Waals surface area contributed by atoms with Gasteiger partial charge in [-0.15, -0.1) is 0 Å². The molecule has 0 fully saturated rings. The highest BCUT2D eigenvalue weighted by molar-refractivity contribution is 9.10. The molecule has 0 saturated carbocycles. The summed E-state index contributed by atoms with van der Waals surface area (Å²) in [6.07, 6.45) is 1.89. The molecule has 0 amide bonds. The topological polar surface area (TPSA) is 90.2 Å². The Balaban J connectivity index is 2.39. The largest absolute Gasteiger partial charge is 0.493 e. The van der Waals surface area contributed by atoms with Gasteiger partial charge in [0.25, 0.3) is 5.56 Å². The van der Waals surface area contributed by atoms with Gasteiger partial charge in [-0.05, 0) is 33.6 Å². The third-order valence-corrected chi connectivity index (χ3v) is 3.37. The Morgan fingerprint density at radius 2 is 2.10 bits per heavy atom. The number of aromatic amines is 1. The highest BCUT2D eigenvalue weighted by atomic mass is 79.9. The minimum Gasteiger partial charge on any atom is -0.493 e. The second kappa shape index (κ2) is 5.96. The first-order valence-electron chi connectivity index (χ1n) is 5.79. The van der Waals surface area contributed by atoms with Crippen molar-refractivity contribution in [3.8, 4) is 11.5 Å². The van der Waals surface area contributed by atoms with Crippen molar-refractivity contribution in [3.05, 3.63) is 44.3 Å². The smallest absolute Gasteiger partial charge is 0.255 e. The summed E-state index contributed by atoms with van der Waals surface area (Å²) in [7, 11) is 3.13. The molecule has 2 rings (SSSR count). The van der Waals surface area contributed by atoms with Crippen LogP contribution in [0, 0.1) is 0 Å². The SMILES string of the molecule is COc1cc(Cc2cnc(N)[nH]c2=O)cc(Br)c1OC. The lowest BCUT2D eigenvalue weighted by molar-refractivity contribution is 0.352. The van der Waals surface area contributed by atoms with Gasteiger partial charge in [0.1, 0.15) is 0 Å². The fraction of sp³-hybridized carbons (Fsp3) is 0.231. The van der Waals surface area contributed by atoms with Gasteiger partial charge in [-0.1, -0.05) is 0 Å². The fourth-order valence-corrected chi connectivity index (χ4v) is 2.51. The van der Waals surface area contributed by atoms with Crippen molar-refractivity contribution in [2.24, 2.45) is 0 Å². The molecule has 1 aromatic carbocycles. The molecule has 0 aliphatic carbocycles. The molecule has 106 valence electrons. The first-order chi connectivity index (χ1) is 9.55. The molecule has 7 heteroatoms. The van der Waals surface area contributed by atoms with E-state index in [1.165, 1.54) is 6.20 Å². The van der Waals surface area contributed by atoms with E-state index in [9.17, 15) is 4.79 Å². The summed E-state index contributed by atoms with van der Waals surface area (Å²) in [5.74, 6) is 1.31. The number of nitrogens with two attached hydrogens (primary N) is 1. The number of rotatable bonds is 4. The van der Waals surface area contributed by atoms with Crippen LogP contribution in [-0.2, 0) is 6.42 Å². The second-order valence-corrected chi connectivity index (χ2v) is 4.97. The number of nitrogens with one attached hydrogen (secondary N) is 1. The first kappa shape index (κ1) is 14.4. The number of anilines is 1. The van der Waals surface area contributed by atoms with Gasteiger partial charge >= 0.3 is 0 Å². The van der Waals surface area contributed by atoms with E-state index < -0.39 is 0 Å². The molecule has 0 bridgehead atoms. The van der Waals surface area contributed by atoms with Crippen LogP contribution in [0.4, 0.5) is 5.95 Å². The number of hydrogen-bond donors (Lipinski definition) is 2. The maximum Gasteiger partial charge on any atom is 0.255 e. The summed E-state index contributed by atoms with van der Waals surface area (Å²) in [5.41, 5.74) is 6.59. The van der Waals surface area contributed by atoms with E-state index in [2.05, 4.69) is 25.9 Å². The van der Waals surface area contributed by atoms with Crippen LogP contribution in [0.25, 0.3) is 0 Å². The first-order valence-corrected chi connectivity index (χ1v) is 6.58. The average Bonchev–Trinajstić information content (AvgIpc) is 2.41. The monoisotopic (exact) mass is 339 g/mol. The zero-order chi connectivity index (χ0) is 14.7. The molecular weight excluding hydrogens is 326 g/mol. The number of aromatic nitrogens is 2. The molecule has 1 heterocycles. The molecule has 20 heavy (non-hydrogen) atoms. The summed E-state index contributed by atoms with van der Waals surface area (Å²) in [6, 6.07) is 3.69. The molecule has 0 spiro atoms.